The Balaban J connectivity index is 1.90. The fraction of sp³-hybridized carbons (Fsp3) is 0.286. The number of alkyl halides is 3. The third kappa shape index (κ3) is 4.29. The molecule has 3 rings (SSSR count). The number of nitrogens with one attached hydrogen (secondary N) is 1. The Kier molecular flexibility index (Phi) is 5.34. The number of imidazole rings is 1. The van der Waals surface area contributed by atoms with E-state index in [0.717, 1.165) is 11.6 Å². The average Bonchev–Trinajstić information content (AvgIpc) is 3.07. The van der Waals surface area contributed by atoms with Crippen LogP contribution in [0.5, 0.6) is 0 Å². The second-order valence-electron chi connectivity index (χ2n) is 6.80. The van der Waals surface area contributed by atoms with E-state index in [0.29, 0.717) is 22.5 Å². The van der Waals surface area contributed by atoms with Gasteiger partial charge in [-0.25, -0.2) is 4.98 Å². The van der Waals surface area contributed by atoms with Gasteiger partial charge in [-0.15, -0.1) is 6.42 Å². The molecule has 0 saturated heterocycles. The van der Waals surface area contributed by atoms with Crippen LogP contribution < -0.4 is 5.32 Å². The molecule has 1 aliphatic rings. The van der Waals surface area contributed by atoms with Crippen LogP contribution in [0.25, 0.3) is 5.70 Å². The normalized spacial score (nSPS) is 18.1. The van der Waals surface area contributed by atoms with Crippen molar-refractivity contribution in [3.05, 3.63) is 71.0 Å². The van der Waals surface area contributed by atoms with Crippen LogP contribution in [-0.2, 0) is 0 Å². The quantitative estimate of drug-likeness (QED) is 0.614. The van der Waals surface area contributed by atoms with Crippen LogP contribution in [0.1, 0.15) is 35.0 Å². The number of allylic oxidation sites excluding steroid dienone is 3. The van der Waals surface area contributed by atoms with E-state index in [4.69, 9.17) is 6.42 Å². The fourth-order valence-corrected chi connectivity index (χ4v) is 3.05. The second-order valence-corrected chi connectivity index (χ2v) is 6.80. The van der Waals surface area contributed by atoms with Gasteiger partial charge < -0.3 is 15.0 Å². The summed E-state index contributed by atoms with van der Waals surface area (Å²) in [5.74, 6) is 0.865. The van der Waals surface area contributed by atoms with Crippen LogP contribution in [0.15, 0.2) is 48.6 Å². The minimum atomic E-state index is -4.40. The summed E-state index contributed by atoms with van der Waals surface area (Å²) in [6.07, 6.45) is 5.47. The molecule has 2 atom stereocenters. The molecule has 0 bridgehead atoms. The first-order valence-electron chi connectivity index (χ1n) is 8.69. The van der Waals surface area contributed by atoms with Crippen molar-refractivity contribution < 1.29 is 18.3 Å². The number of aliphatic hydroxyl groups excluding tert-OH is 1. The summed E-state index contributed by atoms with van der Waals surface area (Å²) < 4.78 is 41.8. The van der Waals surface area contributed by atoms with E-state index in [1.54, 1.807) is 42.0 Å². The highest BCUT2D eigenvalue weighted by Gasteiger charge is 2.40. The second kappa shape index (κ2) is 7.56. The molecular weight excluding hydrogens is 367 g/mol. The molecular formula is C21H20F3N3O. The number of nitrogens with zero attached hydrogens (tertiary/aromatic N) is 2. The van der Waals surface area contributed by atoms with Crippen LogP contribution >= 0.6 is 0 Å². The third-order valence-electron chi connectivity index (χ3n) is 4.63. The molecule has 7 heteroatoms. The predicted octanol–water partition coefficient (Wildman–Crippen LogP) is 4.07. The van der Waals surface area contributed by atoms with E-state index < -0.39 is 18.3 Å². The van der Waals surface area contributed by atoms with Gasteiger partial charge in [-0.05, 0) is 37.6 Å². The van der Waals surface area contributed by atoms with Gasteiger partial charge in [0.1, 0.15) is 0 Å². The molecule has 4 nitrogen and oxygen atoms in total. The summed E-state index contributed by atoms with van der Waals surface area (Å²) in [4.78, 5) is 4.07. The van der Waals surface area contributed by atoms with Crippen molar-refractivity contribution in [2.24, 2.45) is 5.92 Å². The highest BCUT2D eigenvalue weighted by molar-refractivity contribution is 5.54. The first-order chi connectivity index (χ1) is 13.2. The number of benzene rings is 1. The Morgan fingerprint density at radius 3 is 2.71 bits per heavy atom. The van der Waals surface area contributed by atoms with Crippen molar-refractivity contribution in [3.8, 4) is 12.3 Å². The molecule has 1 aromatic heterocycles. The maximum absolute atomic E-state index is 13.4. The number of aromatic nitrogens is 2. The lowest BCUT2D eigenvalue weighted by Gasteiger charge is -2.26. The van der Waals surface area contributed by atoms with Crippen molar-refractivity contribution >= 4 is 5.70 Å². The number of aryl methyl sites for hydroxylation is 2. The standard InChI is InChI=1S/C21H20F3N3O/c1-4-15-7-16(6-5-13(15)2)20(28)26-18-8-17(21(22,23)24)9-19(10-18)27-11-14(3)25-12-27/h1,5-8,10-12,17,20,26,28H,9H2,2-3H3. The summed E-state index contributed by atoms with van der Waals surface area (Å²) in [5.41, 5.74) is 3.30. The van der Waals surface area contributed by atoms with Gasteiger partial charge in [0.25, 0.3) is 0 Å². The Labute approximate surface area is 161 Å². The molecule has 0 radical (unpaired) electrons. The topological polar surface area (TPSA) is 50.1 Å². The van der Waals surface area contributed by atoms with Gasteiger partial charge in [-0.2, -0.15) is 13.2 Å². The lowest BCUT2D eigenvalue weighted by Crippen LogP contribution is -2.28. The van der Waals surface area contributed by atoms with Gasteiger partial charge in [0.2, 0.25) is 0 Å². The van der Waals surface area contributed by atoms with Gasteiger partial charge in [-0.3, -0.25) is 0 Å². The SMILES string of the molecule is C#Cc1cc(C(O)NC2=CC(C(F)(F)F)CC(n3cnc(C)c3)=C2)ccc1C. The zero-order valence-corrected chi connectivity index (χ0v) is 15.5. The molecule has 28 heavy (non-hydrogen) atoms. The van der Waals surface area contributed by atoms with Gasteiger partial charge >= 0.3 is 6.18 Å². The highest BCUT2D eigenvalue weighted by atomic mass is 19.4. The zero-order valence-electron chi connectivity index (χ0n) is 15.5. The van der Waals surface area contributed by atoms with Crippen molar-refractivity contribution in [3.63, 3.8) is 0 Å². The Bertz CT molecular complexity index is 980. The fourth-order valence-electron chi connectivity index (χ4n) is 3.05. The monoisotopic (exact) mass is 387 g/mol. The number of halogens is 3. The largest absolute Gasteiger partial charge is 0.395 e. The minimum absolute atomic E-state index is 0.185. The summed E-state index contributed by atoms with van der Waals surface area (Å²) in [6.45, 7) is 3.61. The number of rotatable bonds is 4. The van der Waals surface area contributed by atoms with Crippen LogP contribution in [-0.4, -0.2) is 20.8 Å². The number of terminal acetylenes is 1. The van der Waals surface area contributed by atoms with Gasteiger partial charge in [0.15, 0.2) is 6.23 Å². The van der Waals surface area contributed by atoms with Gasteiger partial charge in [-0.1, -0.05) is 18.1 Å². The van der Waals surface area contributed by atoms with E-state index in [9.17, 15) is 18.3 Å². The molecule has 1 aliphatic carbocycles. The van der Waals surface area contributed by atoms with E-state index >= 15 is 0 Å². The van der Waals surface area contributed by atoms with Gasteiger partial charge in [0, 0.05) is 35.1 Å². The molecule has 0 fully saturated rings. The molecule has 0 spiro atoms. The van der Waals surface area contributed by atoms with E-state index in [1.165, 1.54) is 6.33 Å². The highest BCUT2D eigenvalue weighted by Crippen LogP contribution is 2.37. The first kappa shape index (κ1) is 19.8. The van der Waals surface area contributed by atoms with E-state index in [2.05, 4.69) is 16.2 Å². The molecule has 1 aromatic carbocycles. The van der Waals surface area contributed by atoms with Crippen molar-refractivity contribution in [2.75, 3.05) is 0 Å². The molecule has 2 N–H and O–H groups in total. The zero-order chi connectivity index (χ0) is 20.5. The minimum Gasteiger partial charge on any atom is -0.369 e. The van der Waals surface area contributed by atoms with Crippen molar-refractivity contribution in [2.45, 2.75) is 32.7 Å². The predicted molar refractivity (Wildman–Crippen MR) is 101 cm³/mol. The van der Waals surface area contributed by atoms with E-state index in [-0.39, 0.29) is 12.1 Å². The molecule has 0 saturated carbocycles. The Morgan fingerprint density at radius 2 is 2.11 bits per heavy atom. The third-order valence-corrected chi connectivity index (χ3v) is 4.63. The van der Waals surface area contributed by atoms with Crippen molar-refractivity contribution in [1.29, 1.82) is 0 Å². The molecule has 2 unspecified atom stereocenters. The lowest BCUT2D eigenvalue weighted by atomic mass is 9.95. The van der Waals surface area contributed by atoms with Crippen LogP contribution in [0.3, 0.4) is 0 Å². The maximum Gasteiger partial charge on any atom is 0.395 e. The van der Waals surface area contributed by atoms with Gasteiger partial charge in [0.05, 0.1) is 17.9 Å². The Morgan fingerprint density at radius 1 is 1.36 bits per heavy atom. The number of aliphatic hydroxyl groups is 1. The average molecular weight is 387 g/mol. The molecule has 0 aliphatic heterocycles. The summed E-state index contributed by atoms with van der Waals surface area (Å²) in [6, 6.07) is 5.09. The van der Waals surface area contributed by atoms with Crippen molar-refractivity contribution in [1.82, 2.24) is 14.9 Å². The molecule has 146 valence electrons. The lowest BCUT2D eigenvalue weighted by molar-refractivity contribution is -0.160. The van der Waals surface area contributed by atoms with E-state index in [1.807, 2.05) is 6.92 Å². The van der Waals surface area contributed by atoms with Crippen LogP contribution in [0.4, 0.5) is 13.2 Å². The number of hydrogen-bond donors (Lipinski definition) is 2. The maximum atomic E-state index is 13.4. The number of hydrogen-bond acceptors (Lipinski definition) is 3. The summed E-state index contributed by atoms with van der Waals surface area (Å²) >= 11 is 0. The molecule has 0 amide bonds. The first-order valence-corrected chi connectivity index (χ1v) is 8.69. The Hall–Kier alpha value is -2.98. The van der Waals surface area contributed by atoms with Crippen LogP contribution in [0.2, 0.25) is 0 Å². The molecule has 1 heterocycles. The summed E-state index contributed by atoms with van der Waals surface area (Å²) in [7, 11) is 0. The van der Waals surface area contributed by atoms with Crippen LogP contribution in [0, 0.1) is 32.1 Å². The summed E-state index contributed by atoms with van der Waals surface area (Å²) in [5, 5.41) is 13.2. The smallest absolute Gasteiger partial charge is 0.369 e. The molecule has 2 aromatic rings.